The molecule has 5 nitrogen and oxygen atoms in total. The largest absolute Gasteiger partial charge is 0.444 e. The maximum atomic E-state index is 11.8. The van der Waals surface area contributed by atoms with E-state index in [2.05, 4.69) is 26.6 Å². The molecule has 1 heterocycles. The Bertz CT molecular complexity index is 620. The van der Waals surface area contributed by atoms with Crippen LogP contribution >= 0.6 is 15.9 Å². The van der Waals surface area contributed by atoms with E-state index in [0.717, 1.165) is 0 Å². The van der Waals surface area contributed by atoms with Crippen molar-refractivity contribution < 1.29 is 14.0 Å². The van der Waals surface area contributed by atoms with Crippen LogP contribution in [0.2, 0.25) is 0 Å². The highest BCUT2D eigenvalue weighted by Crippen LogP contribution is 2.16. The van der Waals surface area contributed by atoms with E-state index in [0.29, 0.717) is 22.5 Å². The maximum Gasteiger partial charge on any atom is 0.291 e. The zero-order valence-corrected chi connectivity index (χ0v) is 12.4. The average Bonchev–Trinajstić information content (AvgIpc) is 2.86. The van der Waals surface area contributed by atoms with E-state index in [9.17, 15) is 9.59 Å². The molecule has 0 radical (unpaired) electrons. The number of anilines is 1. The second-order valence-corrected chi connectivity index (χ2v) is 4.78. The Kier molecular flexibility index (Phi) is 4.57. The number of hydrogen-bond donors (Lipinski definition) is 2. The predicted octanol–water partition coefficient (Wildman–Crippen LogP) is 3.04. The molecule has 2 amide bonds. The van der Waals surface area contributed by atoms with Crippen molar-refractivity contribution >= 4 is 33.4 Å². The third kappa shape index (κ3) is 3.48. The van der Waals surface area contributed by atoms with Gasteiger partial charge in [-0.1, -0.05) is 0 Å². The van der Waals surface area contributed by atoms with Gasteiger partial charge in [-0.3, -0.25) is 9.59 Å². The van der Waals surface area contributed by atoms with Crippen molar-refractivity contribution in [2.24, 2.45) is 0 Å². The smallest absolute Gasteiger partial charge is 0.291 e. The fourth-order valence-electron chi connectivity index (χ4n) is 1.60. The molecule has 0 atom stereocenters. The van der Waals surface area contributed by atoms with Gasteiger partial charge in [0.15, 0.2) is 10.4 Å². The monoisotopic (exact) mass is 336 g/mol. The minimum absolute atomic E-state index is 0.139. The SMILES string of the molecule is CCNC(=O)c1ccc(NC(=O)c2ccc(Br)o2)cc1. The molecular weight excluding hydrogens is 324 g/mol. The number of carbonyl (C=O) groups is 2. The van der Waals surface area contributed by atoms with E-state index in [1.54, 1.807) is 36.4 Å². The number of benzene rings is 1. The number of nitrogens with one attached hydrogen (secondary N) is 2. The molecule has 2 rings (SSSR count). The number of rotatable bonds is 4. The van der Waals surface area contributed by atoms with Crippen molar-refractivity contribution in [1.82, 2.24) is 5.32 Å². The lowest BCUT2D eigenvalue weighted by Crippen LogP contribution is -2.22. The van der Waals surface area contributed by atoms with Crippen LogP contribution in [0.15, 0.2) is 45.5 Å². The van der Waals surface area contributed by atoms with Gasteiger partial charge in [0.2, 0.25) is 0 Å². The Labute approximate surface area is 124 Å². The first-order chi connectivity index (χ1) is 9.60. The fraction of sp³-hybridized carbons (Fsp3) is 0.143. The van der Waals surface area contributed by atoms with Crippen molar-refractivity contribution in [3.05, 3.63) is 52.4 Å². The molecule has 0 bridgehead atoms. The normalized spacial score (nSPS) is 10.1. The molecule has 2 N–H and O–H groups in total. The Morgan fingerprint density at radius 1 is 1.10 bits per heavy atom. The summed E-state index contributed by atoms with van der Waals surface area (Å²) < 4.78 is 5.65. The Morgan fingerprint density at radius 2 is 1.80 bits per heavy atom. The Hall–Kier alpha value is -2.08. The molecule has 1 aromatic carbocycles. The Morgan fingerprint density at radius 3 is 2.35 bits per heavy atom. The molecule has 1 aromatic heterocycles. The van der Waals surface area contributed by atoms with E-state index in [1.807, 2.05) is 6.92 Å². The average molecular weight is 337 g/mol. The number of carbonyl (C=O) groups excluding carboxylic acids is 2. The van der Waals surface area contributed by atoms with E-state index in [4.69, 9.17) is 4.42 Å². The molecule has 0 aliphatic heterocycles. The minimum Gasteiger partial charge on any atom is -0.444 e. The topological polar surface area (TPSA) is 71.3 Å². The van der Waals surface area contributed by atoms with Crippen LogP contribution < -0.4 is 10.6 Å². The molecule has 0 spiro atoms. The molecule has 0 fully saturated rings. The lowest BCUT2D eigenvalue weighted by Gasteiger charge is -2.05. The zero-order valence-electron chi connectivity index (χ0n) is 10.8. The number of halogens is 1. The summed E-state index contributed by atoms with van der Waals surface area (Å²) in [5.74, 6) is -0.272. The molecule has 104 valence electrons. The maximum absolute atomic E-state index is 11.8. The second kappa shape index (κ2) is 6.38. The van der Waals surface area contributed by atoms with Gasteiger partial charge in [0.1, 0.15) is 0 Å². The van der Waals surface area contributed by atoms with Gasteiger partial charge in [-0.15, -0.1) is 0 Å². The molecule has 0 aliphatic carbocycles. The van der Waals surface area contributed by atoms with Gasteiger partial charge in [-0.25, -0.2) is 0 Å². The van der Waals surface area contributed by atoms with Gasteiger partial charge in [-0.2, -0.15) is 0 Å². The third-order valence-corrected chi connectivity index (χ3v) is 2.97. The summed E-state index contributed by atoms with van der Waals surface area (Å²) in [5, 5.41) is 5.39. The lowest BCUT2D eigenvalue weighted by molar-refractivity contribution is 0.0955. The number of amides is 2. The van der Waals surface area contributed by atoms with Gasteiger partial charge >= 0.3 is 0 Å². The lowest BCUT2D eigenvalue weighted by atomic mass is 10.2. The molecule has 0 saturated heterocycles. The molecule has 20 heavy (non-hydrogen) atoms. The molecule has 0 unspecified atom stereocenters. The van der Waals surface area contributed by atoms with E-state index < -0.39 is 0 Å². The number of furan rings is 1. The van der Waals surface area contributed by atoms with Crippen molar-refractivity contribution in [2.45, 2.75) is 6.92 Å². The summed E-state index contributed by atoms with van der Waals surface area (Å²) in [7, 11) is 0. The van der Waals surface area contributed by atoms with Crippen molar-refractivity contribution in [2.75, 3.05) is 11.9 Å². The summed E-state index contributed by atoms with van der Waals surface area (Å²) >= 11 is 3.13. The van der Waals surface area contributed by atoms with Gasteiger partial charge in [0, 0.05) is 17.8 Å². The summed E-state index contributed by atoms with van der Waals surface area (Å²) in [6.45, 7) is 2.43. The van der Waals surface area contributed by atoms with Crippen molar-refractivity contribution in [1.29, 1.82) is 0 Å². The fourth-order valence-corrected chi connectivity index (χ4v) is 1.90. The highest BCUT2D eigenvalue weighted by atomic mass is 79.9. The highest BCUT2D eigenvalue weighted by Gasteiger charge is 2.11. The highest BCUT2D eigenvalue weighted by molar-refractivity contribution is 9.10. The first-order valence-electron chi connectivity index (χ1n) is 6.05. The van der Waals surface area contributed by atoms with Gasteiger partial charge < -0.3 is 15.1 Å². The molecular formula is C14H13BrN2O3. The van der Waals surface area contributed by atoms with Crippen LogP contribution in [0.5, 0.6) is 0 Å². The van der Waals surface area contributed by atoms with Gasteiger partial charge in [0.25, 0.3) is 11.8 Å². The van der Waals surface area contributed by atoms with Crippen LogP contribution in [-0.2, 0) is 0 Å². The van der Waals surface area contributed by atoms with Crippen LogP contribution in [-0.4, -0.2) is 18.4 Å². The van der Waals surface area contributed by atoms with Crippen LogP contribution in [0.3, 0.4) is 0 Å². The van der Waals surface area contributed by atoms with Gasteiger partial charge in [0.05, 0.1) is 0 Å². The molecule has 6 heteroatoms. The molecule has 0 aliphatic rings. The van der Waals surface area contributed by atoms with Crippen LogP contribution in [0.4, 0.5) is 5.69 Å². The van der Waals surface area contributed by atoms with Crippen molar-refractivity contribution in [3.63, 3.8) is 0 Å². The standard InChI is InChI=1S/C14H13BrN2O3/c1-2-16-13(18)9-3-5-10(6-4-9)17-14(19)11-7-8-12(15)20-11/h3-8H,2H2,1H3,(H,16,18)(H,17,19). The summed E-state index contributed by atoms with van der Waals surface area (Å²) in [4.78, 5) is 23.4. The quantitative estimate of drug-likeness (QED) is 0.901. The third-order valence-electron chi connectivity index (χ3n) is 2.54. The summed E-state index contributed by atoms with van der Waals surface area (Å²) in [6.07, 6.45) is 0. The first-order valence-corrected chi connectivity index (χ1v) is 6.84. The van der Waals surface area contributed by atoms with E-state index >= 15 is 0 Å². The van der Waals surface area contributed by atoms with Gasteiger partial charge in [-0.05, 0) is 59.3 Å². The van der Waals surface area contributed by atoms with Crippen molar-refractivity contribution in [3.8, 4) is 0 Å². The minimum atomic E-state index is -0.346. The molecule has 2 aromatic rings. The van der Waals surface area contributed by atoms with Crippen LogP contribution in [0, 0.1) is 0 Å². The van der Waals surface area contributed by atoms with E-state index in [1.165, 1.54) is 0 Å². The number of hydrogen-bond acceptors (Lipinski definition) is 3. The zero-order chi connectivity index (χ0) is 14.5. The Balaban J connectivity index is 2.04. The summed E-state index contributed by atoms with van der Waals surface area (Å²) in [6, 6.07) is 9.85. The second-order valence-electron chi connectivity index (χ2n) is 3.99. The predicted molar refractivity (Wildman–Crippen MR) is 78.8 cm³/mol. The van der Waals surface area contributed by atoms with Crippen LogP contribution in [0.25, 0.3) is 0 Å². The molecule has 0 saturated carbocycles. The summed E-state index contributed by atoms with van der Waals surface area (Å²) in [5.41, 5.74) is 1.14. The van der Waals surface area contributed by atoms with Crippen LogP contribution in [0.1, 0.15) is 27.8 Å². The first kappa shape index (κ1) is 14.3. The van der Waals surface area contributed by atoms with E-state index in [-0.39, 0.29) is 17.6 Å².